The van der Waals surface area contributed by atoms with Gasteiger partial charge in [0.05, 0.1) is 5.69 Å². The standard InChI is InChI=1S/C23H31ClN4O2/c1-16(2)20-15-28(22(29)30-23(3,4)5)12-11-27(20)14-17-7-6-8-18(13-17)19-9-10-25-21(24)26-19/h6-10,13,16,20H,11-12,14-15H2,1-5H3. The first-order valence-electron chi connectivity index (χ1n) is 10.4. The molecule has 3 rings (SSSR count). The van der Waals surface area contributed by atoms with Gasteiger partial charge in [-0.3, -0.25) is 4.90 Å². The van der Waals surface area contributed by atoms with E-state index in [-0.39, 0.29) is 17.4 Å². The summed E-state index contributed by atoms with van der Waals surface area (Å²) in [7, 11) is 0. The number of amides is 1. The van der Waals surface area contributed by atoms with Crippen LogP contribution in [0.15, 0.2) is 36.5 Å². The van der Waals surface area contributed by atoms with Gasteiger partial charge in [0, 0.05) is 44.0 Å². The van der Waals surface area contributed by atoms with Crippen LogP contribution in [0.2, 0.25) is 5.28 Å². The van der Waals surface area contributed by atoms with Gasteiger partial charge in [-0.05, 0) is 56.0 Å². The summed E-state index contributed by atoms with van der Waals surface area (Å²) in [5.74, 6) is 0.416. The van der Waals surface area contributed by atoms with Crippen molar-refractivity contribution in [3.05, 3.63) is 47.4 Å². The topological polar surface area (TPSA) is 58.6 Å². The van der Waals surface area contributed by atoms with Gasteiger partial charge < -0.3 is 9.64 Å². The molecule has 30 heavy (non-hydrogen) atoms. The van der Waals surface area contributed by atoms with E-state index in [1.807, 2.05) is 43.9 Å². The molecule has 0 bridgehead atoms. The third-order valence-electron chi connectivity index (χ3n) is 5.19. The molecule has 1 aromatic heterocycles. The maximum atomic E-state index is 12.5. The quantitative estimate of drug-likeness (QED) is 0.647. The maximum Gasteiger partial charge on any atom is 0.410 e. The second-order valence-corrected chi connectivity index (χ2v) is 9.46. The number of carbonyl (C=O) groups is 1. The summed E-state index contributed by atoms with van der Waals surface area (Å²) >= 11 is 5.95. The molecule has 1 aliphatic rings. The first-order valence-corrected chi connectivity index (χ1v) is 10.8. The number of piperazine rings is 1. The second kappa shape index (κ2) is 9.31. The van der Waals surface area contributed by atoms with Crippen molar-refractivity contribution in [3.63, 3.8) is 0 Å². The Morgan fingerprint density at radius 2 is 2.03 bits per heavy atom. The van der Waals surface area contributed by atoms with Crippen LogP contribution in [0.5, 0.6) is 0 Å². The molecule has 2 aromatic rings. The minimum absolute atomic E-state index is 0.226. The molecule has 7 heteroatoms. The lowest BCUT2D eigenvalue weighted by molar-refractivity contribution is -0.00426. The molecule has 1 atom stereocenters. The highest BCUT2D eigenvalue weighted by atomic mass is 35.5. The summed E-state index contributed by atoms with van der Waals surface area (Å²) in [5.41, 5.74) is 2.56. The highest BCUT2D eigenvalue weighted by Gasteiger charge is 2.33. The SMILES string of the molecule is CC(C)C1CN(C(=O)OC(C)(C)C)CCN1Cc1cccc(-c2ccnc(Cl)n2)c1. The molecule has 1 aliphatic heterocycles. The normalized spacial score (nSPS) is 18.0. The Bertz CT molecular complexity index is 882. The Morgan fingerprint density at radius 1 is 1.27 bits per heavy atom. The van der Waals surface area contributed by atoms with Crippen molar-refractivity contribution in [2.24, 2.45) is 5.92 Å². The van der Waals surface area contributed by atoms with Gasteiger partial charge in [-0.25, -0.2) is 14.8 Å². The van der Waals surface area contributed by atoms with Crippen LogP contribution in [0.25, 0.3) is 11.3 Å². The van der Waals surface area contributed by atoms with Gasteiger partial charge in [-0.2, -0.15) is 0 Å². The molecule has 0 radical (unpaired) electrons. The highest BCUT2D eigenvalue weighted by Crippen LogP contribution is 2.24. The molecule has 0 saturated carbocycles. The lowest BCUT2D eigenvalue weighted by Crippen LogP contribution is -2.56. The number of aromatic nitrogens is 2. The molecule has 6 nitrogen and oxygen atoms in total. The second-order valence-electron chi connectivity index (χ2n) is 9.12. The van der Waals surface area contributed by atoms with Crippen molar-refractivity contribution < 1.29 is 9.53 Å². The zero-order valence-corrected chi connectivity index (χ0v) is 19.2. The van der Waals surface area contributed by atoms with Gasteiger partial charge in [0.25, 0.3) is 0 Å². The fourth-order valence-electron chi connectivity index (χ4n) is 3.73. The number of benzene rings is 1. The summed E-state index contributed by atoms with van der Waals surface area (Å²) in [6, 6.07) is 10.5. The van der Waals surface area contributed by atoms with Gasteiger partial charge in [0.1, 0.15) is 5.60 Å². The number of halogens is 1. The third-order valence-corrected chi connectivity index (χ3v) is 5.37. The minimum Gasteiger partial charge on any atom is -0.444 e. The Balaban J connectivity index is 1.72. The molecule has 1 fully saturated rings. The Labute approximate surface area is 184 Å². The van der Waals surface area contributed by atoms with E-state index in [0.29, 0.717) is 19.0 Å². The van der Waals surface area contributed by atoms with Crippen LogP contribution >= 0.6 is 11.6 Å². The Kier molecular flexibility index (Phi) is 6.98. The molecule has 1 unspecified atom stereocenters. The first kappa shape index (κ1) is 22.5. The van der Waals surface area contributed by atoms with Gasteiger partial charge in [-0.15, -0.1) is 0 Å². The Morgan fingerprint density at radius 3 is 2.70 bits per heavy atom. The van der Waals surface area contributed by atoms with Crippen molar-refractivity contribution in [2.75, 3.05) is 19.6 Å². The fourth-order valence-corrected chi connectivity index (χ4v) is 3.88. The van der Waals surface area contributed by atoms with Crippen molar-refractivity contribution in [1.29, 1.82) is 0 Å². The van der Waals surface area contributed by atoms with Crippen LogP contribution in [0, 0.1) is 5.92 Å². The van der Waals surface area contributed by atoms with Crippen LogP contribution in [-0.4, -0.2) is 57.1 Å². The lowest BCUT2D eigenvalue weighted by Gasteiger charge is -2.43. The molecule has 0 spiro atoms. The van der Waals surface area contributed by atoms with E-state index in [0.717, 1.165) is 24.3 Å². The lowest BCUT2D eigenvalue weighted by atomic mass is 9.98. The van der Waals surface area contributed by atoms with E-state index in [1.165, 1.54) is 5.56 Å². The maximum absolute atomic E-state index is 12.5. The van der Waals surface area contributed by atoms with Crippen molar-refractivity contribution in [1.82, 2.24) is 19.8 Å². The summed E-state index contributed by atoms with van der Waals surface area (Å²) in [4.78, 5) is 25.1. The number of hydrogen-bond donors (Lipinski definition) is 0. The van der Waals surface area contributed by atoms with Gasteiger partial charge in [-0.1, -0.05) is 32.0 Å². The summed E-state index contributed by atoms with van der Waals surface area (Å²) in [6.45, 7) is 13.1. The zero-order valence-electron chi connectivity index (χ0n) is 18.4. The number of ether oxygens (including phenoxy) is 1. The van der Waals surface area contributed by atoms with Gasteiger partial charge >= 0.3 is 6.09 Å². The molecule has 1 saturated heterocycles. The third kappa shape index (κ3) is 5.92. The summed E-state index contributed by atoms with van der Waals surface area (Å²) in [6.07, 6.45) is 1.44. The molecule has 0 N–H and O–H groups in total. The molecule has 162 valence electrons. The summed E-state index contributed by atoms with van der Waals surface area (Å²) < 4.78 is 5.58. The Hall–Kier alpha value is -2.18. The van der Waals surface area contributed by atoms with Crippen molar-refractivity contribution in [2.45, 2.75) is 52.8 Å². The number of carbonyl (C=O) groups excluding carboxylic acids is 1. The van der Waals surface area contributed by atoms with Crippen molar-refractivity contribution >= 4 is 17.7 Å². The number of hydrogen-bond acceptors (Lipinski definition) is 5. The molecular weight excluding hydrogens is 400 g/mol. The number of nitrogens with zero attached hydrogens (tertiary/aromatic N) is 4. The van der Waals surface area contributed by atoms with E-state index < -0.39 is 5.60 Å². The summed E-state index contributed by atoms with van der Waals surface area (Å²) in [5, 5.41) is 0.246. The van der Waals surface area contributed by atoms with Crippen LogP contribution < -0.4 is 0 Å². The highest BCUT2D eigenvalue weighted by molar-refractivity contribution is 6.28. The van der Waals surface area contributed by atoms with Crippen LogP contribution in [-0.2, 0) is 11.3 Å². The minimum atomic E-state index is -0.480. The van der Waals surface area contributed by atoms with Crippen LogP contribution in [0.4, 0.5) is 4.79 Å². The van der Waals surface area contributed by atoms with Crippen molar-refractivity contribution in [3.8, 4) is 11.3 Å². The molecule has 1 amide bonds. The average Bonchev–Trinajstić information content (AvgIpc) is 2.67. The van der Waals surface area contributed by atoms with E-state index in [2.05, 4.69) is 40.8 Å². The monoisotopic (exact) mass is 430 g/mol. The fraction of sp³-hybridized carbons (Fsp3) is 0.522. The van der Waals surface area contributed by atoms with Gasteiger partial charge in [0.2, 0.25) is 5.28 Å². The van der Waals surface area contributed by atoms with Gasteiger partial charge in [0.15, 0.2) is 0 Å². The van der Waals surface area contributed by atoms with E-state index >= 15 is 0 Å². The first-order chi connectivity index (χ1) is 14.1. The van der Waals surface area contributed by atoms with E-state index in [9.17, 15) is 4.79 Å². The largest absolute Gasteiger partial charge is 0.444 e. The molecular formula is C23H31ClN4O2. The average molecular weight is 431 g/mol. The number of rotatable bonds is 4. The van der Waals surface area contributed by atoms with E-state index in [1.54, 1.807) is 6.20 Å². The smallest absolute Gasteiger partial charge is 0.410 e. The zero-order chi connectivity index (χ0) is 21.9. The van der Waals surface area contributed by atoms with Crippen LogP contribution in [0.1, 0.15) is 40.2 Å². The predicted octanol–water partition coefficient (Wildman–Crippen LogP) is 4.87. The van der Waals surface area contributed by atoms with E-state index in [4.69, 9.17) is 16.3 Å². The molecule has 0 aliphatic carbocycles. The predicted molar refractivity (Wildman–Crippen MR) is 119 cm³/mol. The molecule has 1 aromatic carbocycles. The molecule has 2 heterocycles. The van der Waals surface area contributed by atoms with Crippen LogP contribution in [0.3, 0.4) is 0 Å².